The van der Waals surface area contributed by atoms with E-state index in [1.807, 2.05) is 29.6 Å². The van der Waals surface area contributed by atoms with E-state index in [9.17, 15) is 9.90 Å². The molecule has 0 spiro atoms. The van der Waals surface area contributed by atoms with Gasteiger partial charge in [-0.05, 0) is 42.1 Å². The zero-order valence-corrected chi connectivity index (χ0v) is 12.6. The minimum Gasteiger partial charge on any atom is -0.388 e. The Labute approximate surface area is 124 Å². The summed E-state index contributed by atoms with van der Waals surface area (Å²) < 4.78 is 0.942. The van der Waals surface area contributed by atoms with Gasteiger partial charge in [0.05, 0.1) is 6.10 Å². The number of halogens is 1. The highest BCUT2D eigenvalue weighted by molar-refractivity contribution is 9.10. The minimum atomic E-state index is -0.509. The van der Waals surface area contributed by atoms with Crippen LogP contribution in [-0.4, -0.2) is 17.6 Å². The van der Waals surface area contributed by atoms with Gasteiger partial charge in [0.1, 0.15) is 0 Å². The number of carbonyl (C=O) groups excluding carboxylic acids is 1. The second-order valence-corrected chi connectivity index (χ2v) is 5.98. The fraction of sp³-hybridized carbons (Fsp3) is 0.214. The van der Waals surface area contributed by atoms with Crippen molar-refractivity contribution in [3.05, 3.63) is 56.7 Å². The minimum absolute atomic E-state index is 0.120. The predicted octanol–water partition coefficient (Wildman–Crippen LogP) is 3.36. The van der Waals surface area contributed by atoms with Crippen LogP contribution in [0.4, 0.5) is 0 Å². The first-order valence-corrected chi connectivity index (χ1v) is 7.59. The van der Waals surface area contributed by atoms with Crippen LogP contribution in [0.25, 0.3) is 0 Å². The topological polar surface area (TPSA) is 49.3 Å². The third-order valence-electron chi connectivity index (χ3n) is 2.68. The zero-order valence-electron chi connectivity index (χ0n) is 10.2. The van der Waals surface area contributed by atoms with E-state index in [-0.39, 0.29) is 5.91 Å². The summed E-state index contributed by atoms with van der Waals surface area (Å²) in [7, 11) is 0. The molecule has 1 heterocycles. The Morgan fingerprint density at radius 3 is 2.68 bits per heavy atom. The van der Waals surface area contributed by atoms with Crippen molar-refractivity contribution in [2.45, 2.75) is 12.5 Å². The van der Waals surface area contributed by atoms with E-state index in [1.165, 1.54) is 11.3 Å². The summed E-state index contributed by atoms with van der Waals surface area (Å²) in [6, 6.07) is 11.0. The number of thiophene rings is 1. The molecule has 1 aromatic heterocycles. The van der Waals surface area contributed by atoms with Crippen LogP contribution in [-0.2, 0) is 0 Å². The summed E-state index contributed by atoms with van der Waals surface area (Å²) in [6.45, 7) is 0.452. The molecule has 0 fully saturated rings. The quantitative estimate of drug-likeness (QED) is 0.877. The highest BCUT2D eigenvalue weighted by Crippen LogP contribution is 2.21. The summed E-state index contributed by atoms with van der Waals surface area (Å²) >= 11 is 4.84. The van der Waals surface area contributed by atoms with E-state index in [2.05, 4.69) is 21.2 Å². The Bertz CT molecular complexity index is 525. The summed E-state index contributed by atoms with van der Waals surface area (Å²) in [5.41, 5.74) is 0.619. The smallest absolute Gasteiger partial charge is 0.251 e. The molecule has 0 saturated heterocycles. The number of carbonyl (C=O) groups is 1. The van der Waals surface area contributed by atoms with Gasteiger partial charge in [-0.2, -0.15) is 0 Å². The molecule has 100 valence electrons. The van der Waals surface area contributed by atoms with Gasteiger partial charge >= 0.3 is 0 Å². The SMILES string of the molecule is O=C(NCCC(O)c1cccs1)c1ccc(Br)cc1. The van der Waals surface area contributed by atoms with Gasteiger partial charge in [0, 0.05) is 21.5 Å². The number of aliphatic hydroxyl groups excluding tert-OH is 1. The third kappa shape index (κ3) is 4.16. The molecule has 2 aromatic rings. The largest absolute Gasteiger partial charge is 0.388 e. The van der Waals surface area contributed by atoms with Crippen molar-refractivity contribution >= 4 is 33.2 Å². The molecule has 2 rings (SSSR count). The van der Waals surface area contributed by atoms with E-state index >= 15 is 0 Å². The molecule has 3 nitrogen and oxygen atoms in total. The summed E-state index contributed by atoms with van der Waals surface area (Å²) in [5, 5.41) is 14.6. The number of aliphatic hydroxyl groups is 1. The second kappa shape index (κ2) is 6.84. The Kier molecular flexibility index (Phi) is 5.13. The first-order valence-electron chi connectivity index (χ1n) is 5.92. The standard InChI is InChI=1S/C14H14BrNO2S/c15-11-5-3-10(4-6-11)14(18)16-8-7-12(17)13-2-1-9-19-13/h1-6,9,12,17H,7-8H2,(H,16,18). The maximum absolute atomic E-state index is 11.8. The third-order valence-corrected chi connectivity index (χ3v) is 4.18. The van der Waals surface area contributed by atoms with Crippen LogP contribution in [0.2, 0.25) is 0 Å². The van der Waals surface area contributed by atoms with Crippen LogP contribution < -0.4 is 5.32 Å². The molecule has 5 heteroatoms. The zero-order chi connectivity index (χ0) is 13.7. The molecule has 0 radical (unpaired) electrons. The van der Waals surface area contributed by atoms with E-state index in [4.69, 9.17) is 0 Å². The first kappa shape index (κ1) is 14.2. The number of nitrogens with one attached hydrogen (secondary N) is 1. The van der Waals surface area contributed by atoms with E-state index in [0.29, 0.717) is 18.5 Å². The second-order valence-electron chi connectivity index (χ2n) is 4.08. The summed E-state index contributed by atoms with van der Waals surface area (Å²) in [5.74, 6) is -0.120. The molecule has 0 aliphatic heterocycles. The molecule has 0 bridgehead atoms. The Balaban J connectivity index is 1.79. The first-order chi connectivity index (χ1) is 9.16. The Morgan fingerprint density at radius 1 is 1.32 bits per heavy atom. The average Bonchev–Trinajstić information content (AvgIpc) is 2.93. The summed E-state index contributed by atoms with van der Waals surface area (Å²) in [6.07, 6.45) is 0.00759. The van der Waals surface area contributed by atoms with Crippen molar-refractivity contribution in [2.24, 2.45) is 0 Å². The molecule has 1 unspecified atom stereocenters. The van der Waals surface area contributed by atoms with Crippen molar-refractivity contribution in [1.29, 1.82) is 0 Å². The number of hydrogen-bond donors (Lipinski definition) is 2. The molecular weight excluding hydrogens is 326 g/mol. The fourth-order valence-electron chi connectivity index (χ4n) is 1.65. The lowest BCUT2D eigenvalue weighted by Gasteiger charge is -2.09. The molecule has 19 heavy (non-hydrogen) atoms. The van der Waals surface area contributed by atoms with E-state index in [1.54, 1.807) is 12.1 Å². The predicted molar refractivity (Wildman–Crippen MR) is 80.4 cm³/mol. The van der Waals surface area contributed by atoms with Gasteiger partial charge in [-0.25, -0.2) is 0 Å². The van der Waals surface area contributed by atoms with Crippen molar-refractivity contribution < 1.29 is 9.90 Å². The van der Waals surface area contributed by atoms with Gasteiger partial charge in [0.25, 0.3) is 5.91 Å². The van der Waals surface area contributed by atoms with Crippen LogP contribution in [0, 0.1) is 0 Å². The number of amides is 1. The monoisotopic (exact) mass is 339 g/mol. The highest BCUT2D eigenvalue weighted by Gasteiger charge is 2.09. The molecule has 0 aliphatic carbocycles. The van der Waals surface area contributed by atoms with Gasteiger partial charge in [-0.3, -0.25) is 4.79 Å². The van der Waals surface area contributed by atoms with Crippen molar-refractivity contribution in [3.8, 4) is 0 Å². The number of hydrogen-bond acceptors (Lipinski definition) is 3. The normalized spacial score (nSPS) is 12.1. The summed E-state index contributed by atoms with van der Waals surface area (Å²) in [4.78, 5) is 12.7. The van der Waals surface area contributed by atoms with Crippen LogP contribution in [0.3, 0.4) is 0 Å². The molecule has 1 aromatic carbocycles. The molecular formula is C14H14BrNO2S. The lowest BCUT2D eigenvalue weighted by molar-refractivity contribution is 0.0943. The lowest BCUT2D eigenvalue weighted by Crippen LogP contribution is -2.25. The van der Waals surface area contributed by atoms with Crippen molar-refractivity contribution in [2.75, 3.05) is 6.54 Å². The van der Waals surface area contributed by atoms with Gasteiger partial charge in [-0.1, -0.05) is 22.0 Å². The van der Waals surface area contributed by atoms with E-state index in [0.717, 1.165) is 9.35 Å². The van der Waals surface area contributed by atoms with Gasteiger partial charge in [-0.15, -0.1) is 11.3 Å². The molecule has 1 atom stereocenters. The van der Waals surface area contributed by atoms with E-state index < -0.39 is 6.10 Å². The van der Waals surface area contributed by atoms with Gasteiger partial charge < -0.3 is 10.4 Å². The van der Waals surface area contributed by atoms with Crippen molar-refractivity contribution in [3.63, 3.8) is 0 Å². The Morgan fingerprint density at radius 2 is 2.05 bits per heavy atom. The molecule has 1 amide bonds. The van der Waals surface area contributed by atoms with Crippen LogP contribution in [0.1, 0.15) is 27.8 Å². The Hall–Kier alpha value is -1.17. The average molecular weight is 340 g/mol. The van der Waals surface area contributed by atoms with Crippen molar-refractivity contribution in [1.82, 2.24) is 5.32 Å². The van der Waals surface area contributed by atoms with Crippen LogP contribution >= 0.6 is 27.3 Å². The van der Waals surface area contributed by atoms with Crippen LogP contribution in [0.5, 0.6) is 0 Å². The molecule has 0 saturated carbocycles. The lowest BCUT2D eigenvalue weighted by atomic mass is 10.2. The van der Waals surface area contributed by atoms with Crippen LogP contribution in [0.15, 0.2) is 46.3 Å². The number of benzene rings is 1. The maximum atomic E-state index is 11.8. The highest BCUT2D eigenvalue weighted by atomic mass is 79.9. The van der Waals surface area contributed by atoms with Gasteiger partial charge in [0.15, 0.2) is 0 Å². The fourth-order valence-corrected chi connectivity index (χ4v) is 2.66. The van der Waals surface area contributed by atoms with Gasteiger partial charge in [0.2, 0.25) is 0 Å². The maximum Gasteiger partial charge on any atom is 0.251 e. The number of rotatable bonds is 5. The molecule has 2 N–H and O–H groups in total. The molecule has 0 aliphatic rings.